The van der Waals surface area contributed by atoms with Crippen LogP contribution in [-0.4, -0.2) is 16.3 Å². The summed E-state index contributed by atoms with van der Waals surface area (Å²) in [5, 5.41) is 5.21. The molecule has 4 heteroatoms. The van der Waals surface area contributed by atoms with Crippen LogP contribution in [0.2, 0.25) is 0 Å². The van der Waals surface area contributed by atoms with Crippen molar-refractivity contribution in [2.75, 3.05) is 6.61 Å². The molecule has 2 aromatic heterocycles. The number of hydrogen-bond donors (Lipinski definition) is 0. The third-order valence-corrected chi connectivity index (χ3v) is 3.22. The second-order valence-corrected chi connectivity index (χ2v) is 4.94. The molecular weight excluding hydrogens is 252 g/mol. The van der Waals surface area contributed by atoms with Gasteiger partial charge in [0.25, 0.3) is 0 Å². The third-order valence-electron chi connectivity index (χ3n) is 3.22. The normalized spacial score (nSPS) is 11.1. The highest BCUT2D eigenvalue weighted by Gasteiger charge is 2.06. The summed E-state index contributed by atoms with van der Waals surface area (Å²) in [5.74, 6) is 1.76. The van der Waals surface area contributed by atoms with Crippen LogP contribution in [0.3, 0.4) is 0 Å². The van der Waals surface area contributed by atoms with Crippen LogP contribution in [0.4, 0.5) is 0 Å². The molecule has 0 saturated heterocycles. The van der Waals surface area contributed by atoms with Gasteiger partial charge in [0.15, 0.2) is 0 Å². The SMILES string of the molecule is CCCOc1ccc2c(ccn2Cc2cc(C)on2)c1. The molecule has 0 unspecified atom stereocenters. The molecule has 0 aliphatic rings. The van der Waals surface area contributed by atoms with Crippen molar-refractivity contribution in [3.05, 3.63) is 48.0 Å². The summed E-state index contributed by atoms with van der Waals surface area (Å²) >= 11 is 0. The van der Waals surface area contributed by atoms with E-state index in [0.29, 0.717) is 0 Å². The molecule has 0 N–H and O–H groups in total. The fraction of sp³-hybridized carbons (Fsp3) is 0.312. The fourth-order valence-electron chi connectivity index (χ4n) is 2.29. The van der Waals surface area contributed by atoms with Crippen molar-refractivity contribution in [3.8, 4) is 5.75 Å². The zero-order valence-corrected chi connectivity index (χ0v) is 11.8. The third kappa shape index (κ3) is 2.54. The van der Waals surface area contributed by atoms with Gasteiger partial charge in [-0.2, -0.15) is 0 Å². The minimum absolute atomic E-state index is 0.718. The zero-order chi connectivity index (χ0) is 13.9. The van der Waals surface area contributed by atoms with Gasteiger partial charge in [-0.1, -0.05) is 12.1 Å². The van der Waals surface area contributed by atoms with Crippen molar-refractivity contribution in [1.82, 2.24) is 9.72 Å². The van der Waals surface area contributed by atoms with Crippen LogP contribution in [0.5, 0.6) is 5.75 Å². The van der Waals surface area contributed by atoms with Gasteiger partial charge in [0, 0.05) is 23.2 Å². The molecule has 104 valence electrons. The molecule has 3 rings (SSSR count). The van der Waals surface area contributed by atoms with E-state index in [9.17, 15) is 0 Å². The van der Waals surface area contributed by atoms with E-state index in [0.717, 1.165) is 36.8 Å². The first-order valence-corrected chi connectivity index (χ1v) is 6.90. The molecule has 0 bridgehead atoms. The first-order chi connectivity index (χ1) is 9.76. The van der Waals surface area contributed by atoms with Crippen molar-refractivity contribution < 1.29 is 9.26 Å². The van der Waals surface area contributed by atoms with Gasteiger partial charge in [0.1, 0.15) is 17.2 Å². The molecule has 0 saturated carbocycles. The van der Waals surface area contributed by atoms with E-state index in [-0.39, 0.29) is 0 Å². The highest BCUT2D eigenvalue weighted by atomic mass is 16.5. The van der Waals surface area contributed by atoms with Crippen LogP contribution in [-0.2, 0) is 6.54 Å². The molecule has 0 spiro atoms. The Bertz CT molecular complexity index is 712. The molecule has 1 aromatic carbocycles. The Morgan fingerprint density at radius 3 is 2.90 bits per heavy atom. The molecule has 20 heavy (non-hydrogen) atoms. The van der Waals surface area contributed by atoms with E-state index in [4.69, 9.17) is 9.26 Å². The second kappa shape index (κ2) is 5.41. The first-order valence-electron chi connectivity index (χ1n) is 6.90. The maximum Gasteiger partial charge on any atom is 0.133 e. The molecule has 2 heterocycles. The van der Waals surface area contributed by atoms with Crippen LogP contribution >= 0.6 is 0 Å². The van der Waals surface area contributed by atoms with Crippen LogP contribution in [0, 0.1) is 6.92 Å². The molecule has 0 radical (unpaired) electrons. The number of fused-ring (bicyclic) bond motifs is 1. The summed E-state index contributed by atoms with van der Waals surface area (Å²) in [7, 11) is 0. The Labute approximate surface area is 117 Å². The first kappa shape index (κ1) is 12.8. The minimum atomic E-state index is 0.718. The van der Waals surface area contributed by atoms with Gasteiger partial charge in [0.2, 0.25) is 0 Å². The van der Waals surface area contributed by atoms with Crippen molar-refractivity contribution in [2.24, 2.45) is 0 Å². The van der Waals surface area contributed by atoms with Gasteiger partial charge in [0.05, 0.1) is 13.2 Å². The Balaban J connectivity index is 1.85. The van der Waals surface area contributed by atoms with Crippen molar-refractivity contribution in [2.45, 2.75) is 26.8 Å². The van der Waals surface area contributed by atoms with Gasteiger partial charge in [-0.25, -0.2) is 0 Å². The van der Waals surface area contributed by atoms with Gasteiger partial charge in [-0.3, -0.25) is 0 Å². The van der Waals surface area contributed by atoms with Crippen molar-refractivity contribution >= 4 is 10.9 Å². The number of hydrogen-bond acceptors (Lipinski definition) is 3. The topological polar surface area (TPSA) is 40.2 Å². The Hall–Kier alpha value is -2.23. The molecular formula is C16H18N2O2. The van der Waals surface area contributed by atoms with E-state index in [2.05, 4.69) is 41.0 Å². The number of aromatic nitrogens is 2. The number of aryl methyl sites for hydroxylation is 1. The molecule has 0 aliphatic carbocycles. The monoisotopic (exact) mass is 270 g/mol. The quantitative estimate of drug-likeness (QED) is 0.708. The maximum atomic E-state index is 5.66. The predicted octanol–water partition coefficient (Wildman–Crippen LogP) is 3.77. The molecule has 0 fully saturated rings. The zero-order valence-electron chi connectivity index (χ0n) is 11.8. The van der Waals surface area contributed by atoms with Crippen LogP contribution < -0.4 is 4.74 Å². The standard InChI is InChI=1S/C16H18N2O2/c1-3-8-19-15-4-5-16-13(10-15)6-7-18(16)11-14-9-12(2)20-17-14/h4-7,9-10H,3,8,11H2,1-2H3. The average molecular weight is 270 g/mol. The molecule has 3 aromatic rings. The average Bonchev–Trinajstić information content (AvgIpc) is 3.04. The summed E-state index contributed by atoms with van der Waals surface area (Å²) in [6.07, 6.45) is 3.09. The molecule has 0 aliphatic heterocycles. The van der Waals surface area contributed by atoms with Crippen LogP contribution in [0.15, 0.2) is 41.1 Å². The lowest BCUT2D eigenvalue weighted by Crippen LogP contribution is -1.98. The van der Waals surface area contributed by atoms with E-state index >= 15 is 0 Å². The highest BCUT2D eigenvalue weighted by Crippen LogP contribution is 2.23. The van der Waals surface area contributed by atoms with Gasteiger partial charge < -0.3 is 13.8 Å². The Morgan fingerprint density at radius 1 is 1.25 bits per heavy atom. The largest absolute Gasteiger partial charge is 0.494 e. The lowest BCUT2D eigenvalue weighted by molar-refractivity contribution is 0.318. The van der Waals surface area contributed by atoms with E-state index in [1.54, 1.807) is 0 Å². The van der Waals surface area contributed by atoms with Gasteiger partial charge >= 0.3 is 0 Å². The second-order valence-electron chi connectivity index (χ2n) is 4.94. The highest BCUT2D eigenvalue weighted by molar-refractivity contribution is 5.81. The minimum Gasteiger partial charge on any atom is -0.494 e. The predicted molar refractivity (Wildman–Crippen MR) is 78.1 cm³/mol. The maximum absolute atomic E-state index is 5.66. The summed E-state index contributed by atoms with van der Waals surface area (Å²) in [4.78, 5) is 0. The number of nitrogens with zero attached hydrogens (tertiary/aromatic N) is 2. The summed E-state index contributed by atoms with van der Waals surface area (Å²) < 4.78 is 12.9. The van der Waals surface area contributed by atoms with E-state index in [1.165, 1.54) is 10.9 Å². The molecule has 4 nitrogen and oxygen atoms in total. The van der Waals surface area contributed by atoms with Gasteiger partial charge in [-0.05, 0) is 37.6 Å². The number of ether oxygens (including phenoxy) is 1. The Morgan fingerprint density at radius 2 is 2.15 bits per heavy atom. The van der Waals surface area contributed by atoms with Crippen LogP contribution in [0.25, 0.3) is 10.9 Å². The fourth-order valence-corrected chi connectivity index (χ4v) is 2.29. The molecule has 0 atom stereocenters. The van der Waals surface area contributed by atoms with E-state index < -0.39 is 0 Å². The lowest BCUT2D eigenvalue weighted by atomic mass is 10.2. The van der Waals surface area contributed by atoms with Crippen molar-refractivity contribution in [3.63, 3.8) is 0 Å². The van der Waals surface area contributed by atoms with Gasteiger partial charge in [-0.15, -0.1) is 0 Å². The summed E-state index contributed by atoms with van der Waals surface area (Å²) in [5.41, 5.74) is 2.11. The van der Waals surface area contributed by atoms with Crippen molar-refractivity contribution in [1.29, 1.82) is 0 Å². The molecule has 0 amide bonds. The smallest absolute Gasteiger partial charge is 0.133 e. The lowest BCUT2D eigenvalue weighted by Gasteiger charge is -2.06. The van der Waals surface area contributed by atoms with Crippen LogP contribution in [0.1, 0.15) is 24.8 Å². The van der Waals surface area contributed by atoms with E-state index in [1.807, 2.05) is 19.1 Å². The Kier molecular flexibility index (Phi) is 3.46. The number of benzene rings is 1. The number of rotatable bonds is 5. The summed E-state index contributed by atoms with van der Waals surface area (Å²) in [6.45, 7) is 5.48. The summed E-state index contributed by atoms with van der Waals surface area (Å²) in [6, 6.07) is 10.2.